The predicted octanol–water partition coefficient (Wildman–Crippen LogP) is 1.14. The lowest BCUT2D eigenvalue weighted by atomic mass is 10.1. The summed E-state index contributed by atoms with van der Waals surface area (Å²) < 4.78 is 26.5. The normalized spacial score (nSPS) is 22.6. The summed E-state index contributed by atoms with van der Waals surface area (Å²) in [4.78, 5) is 0. The molecule has 0 heterocycles. The number of nitrogens with zero attached hydrogens (tertiary/aromatic N) is 1. The summed E-state index contributed by atoms with van der Waals surface area (Å²) in [6.45, 7) is 0.291. The molecule has 1 fully saturated rings. The molecular weight excluding hydrogens is 276 g/mol. The molecule has 1 saturated carbocycles. The Hall–Kier alpha value is -1.42. The van der Waals surface area contributed by atoms with E-state index in [4.69, 9.17) is 5.26 Å². The molecule has 1 aliphatic carbocycles. The molecule has 6 heteroatoms. The lowest BCUT2D eigenvalue weighted by Gasteiger charge is -2.15. The molecule has 2 rings (SSSR count). The first kappa shape index (κ1) is 15.0. The van der Waals surface area contributed by atoms with E-state index in [0.717, 1.165) is 19.3 Å². The first-order valence-electron chi connectivity index (χ1n) is 6.64. The molecule has 0 amide bonds. The molecule has 1 aromatic rings. The van der Waals surface area contributed by atoms with E-state index in [1.807, 2.05) is 6.07 Å². The van der Waals surface area contributed by atoms with Crippen molar-refractivity contribution in [2.24, 2.45) is 5.92 Å². The van der Waals surface area contributed by atoms with Crippen LogP contribution in [0.2, 0.25) is 0 Å². The van der Waals surface area contributed by atoms with Gasteiger partial charge in [-0.15, -0.1) is 0 Å². The van der Waals surface area contributed by atoms with Crippen LogP contribution in [0.15, 0.2) is 24.3 Å². The van der Waals surface area contributed by atoms with Gasteiger partial charge in [0.15, 0.2) is 0 Å². The van der Waals surface area contributed by atoms with Gasteiger partial charge in [-0.1, -0.05) is 18.6 Å². The number of aliphatic hydroxyl groups excluding tert-OH is 1. The maximum absolute atomic E-state index is 12.0. The molecule has 2 N–H and O–H groups in total. The number of nitrogens with one attached hydrogen (secondary N) is 1. The van der Waals surface area contributed by atoms with Crippen molar-refractivity contribution in [1.29, 1.82) is 5.26 Å². The second-order valence-electron chi connectivity index (χ2n) is 5.17. The molecule has 1 aliphatic rings. The van der Waals surface area contributed by atoms with Crippen molar-refractivity contribution in [3.63, 3.8) is 0 Å². The summed E-state index contributed by atoms with van der Waals surface area (Å²) in [6, 6.07) is 8.48. The van der Waals surface area contributed by atoms with Crippen molar-refractivity contribution in [2.45, 2.75) is 31.1 Å². The van der Waals surface area contributed by atoms with Crippen molar-refractivity contribution < 1.29 is 13.5 Å². The Morgan fingerprint density at radius 2 is 2.00 bits per heavy atom. The summed E-state index contributed by atoms with van der Waals surface area (Å²) >= 11 is 0. The quantitative estimate of drug-likeness (QED) is 0.852. The minimum Gasteiger partial charge on any atom is -0.393 e. The Kier molecular flexibility index (Phi) is 4.76. The van der Waals surface area contributed by atoms with E-state index in [-0.39, 0.29) is 11.7 Å². The zero-order valence-corrected chi connectivity index (χ0v) is 11.9. The minimum atomic E-state index is -3.41. The largest absolute Gasteiger partial charge is 0.393 e. The van der Waals surface area contributed by atoms with Crippen LogP contribution < -0.4 is 4.72 Å². The lowest BCUT2D eigenvalue weighted by Crippen LogP contribution is -2.33. The van der Waals surface area contributed by atoms with Crippen molar-refractivity contribution >= 4 is 10.0 Å². The fourth-order valence-corrected chi connectivity index (χ4v) is 3.64. The van der Waals surface area contributed by atoms with Gasteiger partial charge in [-0.25, -0.2) is 13.1 Å². The van der Waals surface area contributed by atoms with Crippen LogP contribution in [0.1, 0.15) is 30.4 Å². The van der Waals surface area contributed by atoms with Crippen LogP contribution in [0, 0.1) is 17.2 Å². The maximum atomic E-state index is 12.0. The molecular formula is C14H18N2O3S. The molecule has 1 aromatic carbocycles. The maximum Gasteiger partial charge on any atom is 0.215 e. The van der Waals surface area contributed by atoms with Crippen LogP contribution in [0.5, 0.6) is 0 Å². The standard InChI is InChI=1S/C14H18N2O3S/c15-8-11-4-6-12(7-5-11)10-20(18,19)16-9-13-2-1-3-14(13)17/h4-7,13-14,16-17H,1-3,9-10H2. The third-order valence-corrected chi connectivity index (χ3v) is 4.94. The van der Waals surface area contributed by atoms with Gasteiger partial charge in [0, 0.05) is 6.54 Å². The summed E-state index contributed by atoms with van der Waals surface area (Å²) in [5.41, 5.74) is 1.15. The second kappa shape index (κ2) is 6.35. The highest BCUT2D eigenvalue weighted by molar-refractivity contribution is 7.88. The number of nitriles is 1. The van der Waals surface area contributed by atoms with Gasteiger partial charge >= 0.3 is 0 Å². The molecule has 0 saturated heterocycles. The van der Waals surface area contributed by atoms with E-state index in [2.05, 4.69) is 4.72 Å². The van der Waals surface area contributed by atoms with Gasteiger partial charge in [0.2, 0.25) is 10.0 Å². The van der Waals surface area contributed by atoms with Crippen LogP contribution in [-0.4, -0.2) is 26.2 Å². The topological polar surface area (TPSA) is 90.2 Å². The highest BCUT2D eigenvalue weighted by Gasteiger charge is 2.26. The number of aliphatic hydroxyl groups is 1. The summed E-state index contributed by atoms with van der Waals surface area (Å²) in [6.07, 6.45) is 2.17. The van der Waals surface area contributed by atoms with Gasteiger partial charge in [0.05, 0.1) is 23.5 Å². The summed E-state index contributed by atoms with van der Waals surface area (Å²) in [5, 5.41) is 18.4. The number of hydrogen-bond donors (Lipinski definition) is 2. The first-order chi connectivity index (χ1) is 9.50. The zero-order valence-electron chi connectivity index (χ0n) is 11.1. The molecule has 20 heavy (non-hydrogen) atoms. The van der Waals surface area contributed by atoms with Crippen LogP contribution in [0.25, 0.3) is 0 Å². The third kappa shape index (κ3) is 4.04. The van der Waals surface area contributed by atoms with Crippen LogP contribution in [0.3, 0.4) is 0 Å². The van der Waals surface area contributed by atoms with Gasteiger partial charge in [-0.05, 0) is 36.5 Å². The molecule has 0 aliphatic heterocycles. The summed E-state index contributed by atoms with van der Waals surface area (Å²) in [7, 11) is -3.41. The fourth-order valence-electron chi connectivity index (χ4n) is 2.44. The average molecular weight is 294 g/mol. The highest BCUT2D eigenvalue weighted by atomic mass is 32.2. The number of rotatable bonds is 5. The minimum absolute atomic E-state index is 0.0192. The van der Waals surface area contributed by atoms with Crippen LogP contribution >= 0.6 is 0 Å². The Bertz CT molecular complexity index is 590. The van der Waals surface area contributed by atoms with E-state index in [0.29, 0.717) is 17.7 Å². The Morgan fingerprint density at radius 1 is 1.30 bits per heavy atom. The molecule has 0 bridgehead atoms. The number of benzene rings is 1. The van der Waals surface area contributed by atoms with Crippen molar-refractivity contribution in [3.8, 4) is 6.07 Å². The first-order valence-corrected chi connectivity index (χ1v) is 8.30. The molecule has 108 valence electrons. The predicted molar refractivity (Wildman–Crippen MR) is 75.1 cm³/mol. The molecule has 2 unspecified atom stereocenters. The fraction of sp³-hybridized carbons (Fsp3) is 0.500. The average Bonchev–Trinajstić information content (AvgIpc) is 2.83. The van der Waals surface area contributed by atoms with Gasteiger partial charge < -0.3 is 5.11 Å². The second-order valence-corrected chi connectivity index (χ2v) is 6.98. The SMILES string of the molecule is N#Cc1ccc(CS(=O)(=O)NCC2CCCC2O)cc1. The van der Waals surface area contributed by atoms with Crippen molar-refractivity contribution in [3.05, 3.63) is 35.4 Å². The Labute approximate surface area is 119 Å². The monoisotopic (exact) mass is 294 g/mol. The van der Waals surface area contributed by atoms with Crippen molar-refractivity contribution in [1.82, 2.24) is 4.72 Å². The number of hydrogen-bond acceptors (Lipinski definition) is 4. The van der Waals surface area contributed by atoms with E-state index in [1.54, 1.807) is 24.3 Å². The molecule has 0 radical (unpaired) electrons. The summed E-state index contributed by atoms with van der Waals surface area (Å²) in [5.74, 6) is -0.0904. The van der Waals surface area contributed by atoms with E-state index >= 15 is 0 Å². The van der Waals surface area contributed by atoms with Gasteiger partial charge in [-0.3, -0.25) is 0 Å². The third-order valence-electron chi connectivity index (χ3n) is 3.62. The molecule has 0 aromatic heterocycles. The van der Waals surface area contributed by atoms with E-state index in [1.165, 1.54) is 0 Å². The smallest absolute Gasteiger partial charge is 0.215 e. The zero-order chi connectivity index (χ0) is 14.6. The molecule has 5 nitrogen and oxygen atoms in total. The van der Waals surface area contributed by atoms with E-state index < -0.39 is 16.1 Å². The molecule has 2 atom stereocenters. The highest BCUT2D eigenvalue weighted by Crippen LogP contribution is 2.24. The Balaban J connectivity index is 1.91. The van der Waals surface area contributed by atoms with Gasteiger partial charge in [0.1, 0.15) is 0 Å². The van der Waals surface area contributed by atoms with Gasteiger partial charge in [0.25, 0.3) is 0 Å². The Morgan fingerprint density at radius 3 is 2.55 bits per heavy atom. The van der Waals surface area contributed by atoms with Gasteiger partial charge in [-0.2, -0.15) is 5.26 Å². The van der Waals surface area contributed by atoms with E-state index in [9.17, 15) is 13.5 Å². The molecule has 0 spiro atoms. The van der Waals surface area contributed by atoms with Crippen LogP contribution in [0.4, 0.5) is 0 Å². The van der Waals surface area contributed by atoms with Crippen molar-refractivity contribution in [2.75, 3.05) is 6.54 Å². The lowest BCUT2D eigenvalue weighted by molar-refractivity contribution is 0.134. The van der Waals surface area contributed by atoms with Crippen LogP contribution in [-0.2, 0) is 15.8 Å². The number of sulfonamides is 1.